The van der Waals surface area contributed by atoms with Gasteiger partial charge in [0.1, 0.15) is 0 Å². The Hall–Kier alpha value is -2.60. The Morgan fingerprint density at radius 3 is 2.14 bits per heavy atom. The van der Waals surface area contributed by atoms with Crippen molar-refractivity contribution in [3.05, 3.63) is 71.8 Å². The van der Waals surface area contributed by atoms with E-state index in [0.29, 0.717) is 6.42 Å². The first kappa shape index (κ1) is 14.8. The van der Waals surface area contributed by atoms with Gasteiger partial charge < -0.3 is 5.11 Å². The topological polar surface area (TPSA) is 61.1 Å². The lowest BCUT2D eigenvalue weighted by molar-refractivity contribution is -0.137. The summed E-state index contributed by atoms with van der Waals surface area (Å²) in [6.45, 7) is 0. The molecule has 0 aliphatic carbocycles. The van der Waals surface area contributed by atoms with E-state index in [1.54, 1.807) is 0 Å². The van der Waals surface area contributed by atoms with E-state index < -0.39 is 11.9 Å². The largest absolute Gasteiger partial charge is 0.481 e. The van der Waals surface area contributed by atoms with Crippen LogP contribution in [0.1, 0.15) is 23.5 Å². The molecule has 21 heavy (non-hydrogen) atoms. The molecule has 0 fully saturated rings. The summed E-state index contributed by atoms with van der Waals surface area (Å²) in [6.07, 6.45) is 0.527. The second-order valence-corrected chi connectivity index (χ2v) is 5.04. The van der Waals surface area contributed by atoms with E-state index in [-0.39, 0.29) is 12.3 Å². The Kier molecular flexibility index (Phi) is 5.11. The molecule has 2 rings (SSSR count). The zero-order chi connectivity index (χ0) is 15.1. The highest BCUT2D eigenvalue weighted by molar-refractivity contribution is 5.67. The third-order valence-electron chi connectivity index (χ3n) is 3.57. The van der Waals surface area contributed by atoms with Crippen molar-refractivity contribution in [2.24, 2.45) is 5.92 Å². The summed E-state index contributed by atoms with van der Waals surface area (Å²) in [7, 11) is 0. The van der Waals surface area contributed by atoms with Crippen molar-refractivity contribution in [1.82, 2.24) is 0 Å². The molecule has 0 aromatic heterocycles. The predicted octanol–water partition coefficient (Wildman–Crippen LogP) is 3.63. The summed E-state index contributed by atoms with van der Waals surface area (Å²) in [5.74, 6) is -1.59. The second-order valence-electron chi connectivity index (χ2n) is 5.04. The van der Waals surface area contributed by atoms with Crippen LogP contribution in [0.3, 0.4) is 0 Å². The smallest absolute Gasteiger partial charge is 0.304 e. The molecule has 0 spiro atoms. The highest BCUT2D eigenvalue weighted by atomic mass is 16.4. The lowest BCUT2D eigenvalue weighted by atomic mass is 9.80. The number of carboxylic acid groups (broad SMARTS) is 1. The highest BCUT2D eigenvalue weighted by Crippen LogP contribution is 2.30. The van der Waals surface area contributed by atoms with Crippen LogP contribution in [0.15, 0.2) is 60.7 Å². The number of benzene rings is 2. The third kappa shape index (κ3) is 4.19. The lowest BCUT2D eigenvalue weighted by Gasteiger charge is -2.21. The Bertz CT molecular complexity index is 617. The quantitative estimate of drug-likeness (QED) is 0.878. The Balaban J connectivity index is 2.30. The molecule has 2 atom stereocenters. The Morgan fingerprint density at radius 2 is 1.62 bits per heavy atom. The van der Waals surface area contributed by atoms with Crippen LogP contribution < -0.4 is 0 Å². The summed E-state index contributed by atoms with van der Waals surface area (Å²) in [6, 6.07) is 21.7. The predicted molar refractivity (Wildman–Crippen MR) is 80.7 cm³/mol. The van der Waals surface area contributed by atoms with Crippen LogP contribution in [-0.4, -0.2) is 11.1 Å². The molecule has 106 valence electrons. The van der Waals surface area contributed by atoms with E-state index >= 15 is 0 Å². The molecule has 0 unspecified atom stereocenters. The first-order valence-corrected chi connectivity index (χ1v) is 6.91. The van der Waals surface area contributed by atoms with Gasteiger partial charge in [-0.1, -0.05) is 60.7 Å². The van der Waals surface area contributed by atoms with E-state index in [1.165, 1.54) is 0 Å². The number of aliphatic carboxylic acids is 1. The molecule has 1 N–H and O–H groups in total. The van der Waals surface area contributed by atoms with Gasteiger partial charge in [-0.15, -0.1) is 0 Å². The first-order chi connectivity index (χ1) is 10.2. The lowest BCUT2D eigenvalue weighted by Crippen LogP contribution is -2.17. The number of nitriles is 1. The third-order valence-corrected chi connectivity index (χ3v) is 3.57. The van der Waals surface area contributed by atoms with Crippen molar-refractivity contribution in [2.75, 3.05) is 0 Å². The second kappa shape index (κ2) is 7.25. The van der Waals surface area contributed by atoms with Gasteiger partial charge in [-0.05, 0) is 17.5 Å². The number of carbonyl (C=O) groups is 1. The van der Waals surface area contributed by atoms with Gasteiger partial charge in [-0.25, -0.2) is 0 Å². The first-order valence-electron chi connectivity index (χ1n) is 6.91. The van der Waals surface area contributed by atoms with Gasteiger partial charge in [0, 0.05) is 5.92 Å². The maximum Gasteiger partial charge on any atom is 0.304 e. The number of hydrogen-bond acceptors (Lipinski definition) is 2. The van der Waals surface area contributed by atoms with Crippen molar-refractivity contribution in [3.63, 3.8) is 0 Å². The molecule has 0 amide bonds. The molecule has 3 nitrogen and oxygen atoms in total. The fraction of sp³-hybridized carbons (Fsp3) is 0.222. The summed E-state index contributed by atoms with van der Waals surface area (Å²) >= 11 is 0. The van der Waals surface area contributed by atoms with E-state index in [9.17, 15) is 10.1 Å². The SMILES string of the molecule is N#C[C@H](CC(=O)O)[C@@H](Cc1ccccc1)c1ccccc1. The van der Waals surface area contributed by atoms with Gasteiger partial charge in [-0.3, -0.25) is 4.79 Å². The van der Waals surface area contributed by atoms with E-state index in [4.69, 9.17) is 5.11 Å². The molecule has 3 heteroatoms. The fourth-order valence-electron chi connectivity index (χ4n) is 2.53. The van der Waals surface area contributed by atoms with E-state index in [0.717, 1.165) is 11.1 Å². The van der Waals surface area contributed by atoms with Gasteiger partial charge in [0.05, 0.1) is 18.4 Å². The standard InChI is InChI=1S/C18H17NO2/c19-13-16(12-18(20)21)17(15-9-5-2-6-10-15)11-14-7-3-1-4-8-14/h1-10,16-17H,11-12H2,(H,20,21)/t16-,17-/m0/s1. The molecule has 0 saturated carbocycles. The van der Waals surface area contributed by atoms with Crippen LogP contribution in [0, 0.1) is 17.2 Å². The maximum absolute atomic E-state index is 11.0. The average molecular weight is 279 g/mol. The van der Waals surface area contributed by atoms with Gasteiger partial charge in [0.15, 0.2) is 0 Å². The molecule has 0 aliphatic rings. The van der Waals surface area contributed by atoms with Crippen molar-refractivity contribution >= 4 is 5.97 Å². The van der Waals surface area contributed by atoms with Gasteiger partial charge in [0.25, 0.3) is 0 Å². The van der Waals surface area contributed by atoms with Crippen LogP contribution in [0.2, 0.25) is 0 Å². The number of nitrogens with zero attached hydrogens (tertiary/aromatic N) is 1. The molecule has 0 radical (unpaired) electrons. The minimum absolute atomic E-state index is 0.116. The van der Waals surface area contributed by atoms with E-state index in [1.807, 2.05) is 60.7 Å². The molecule has 0 heterocycles. The summed E-state index contributed by atoms with van der Waals surface area (Å²) in [4.78, 5) is 11.0. The summed E-state index contributed by atoms with van der Waals surface area (Å²) in [5.41, 5.74) is 2.12. The van der Waals surface area contributed by atoms with E-state index in [2.05, 4.69) is 6.07 Å². The van der Waals surface area contributed by atoms with Crippen molar-refractivity contribution in [3.8, 4) is 6.07 Å². The van der Waals surface area contributed by atoms with Crippen LogP contribution in [0.25, 0.3) is 0 Å². The van der Waals surface area contributed by atoms with Gasteiger partial charge in [0.2, 0.25) is 0 Å². The molecule has 2 aromatic rings. The van der Waals surface area contributed by atoms with Crippen LogP contribution in [-0.2, 0) is 11.2 Å². The van der Waals surface area contributed by atoms with Crippen LogP contribution >= 0.6 is 0 Å². The van der Waals surface area contributed by atoms with Crippen LogP contribution in [0.4, 0.5) is 0 Å². The van der Waals surface area contributed by atoms with Crippen molar-refractivity contribution in [2.45, 2.75) is 18.8 Å². The van der Waals surface area contributed by atoms with Gasteiger partial charge in [-0.2, -0.15) is 5.26 Å². The average Bonchev–Trinajstić information content (AvgIpc) is 2.52. The van der Waals surface area contributed by atoms with Crippen molar-refractivity contribution in [1.29, 1.82) is 5.26 Å². The monoisotopic (exact) mass is 279 g/mol. The summed E-state index contributed by atoms with van der Waals surface area (Å²) < 4.78 is 0. The molecular formula is C18H17NO2. The maximum atomic E-state index is 11.0. The van der Waals surface area contributed by atoms with Crippen LogP contribution in [0.5, 0.6) is 0 Å². The van der Waals surface area contributed by atoms with Gasteiger partial charge >= 0.3 is 5.97 Å². The molecular weight excluding hydrogens is 262 g/mol. The minimum atomic E-state index is -0.935. The molecule has 0 bridgehead atoms. The molecule has 2 aromatic carbocycles. The highest BCUT2D eigenvalue weighted by Gasteiger charge is 2.25. The summed E-state index contributed by atoms with van der Waals surface area (Å²) in [5, 5.41) is 18.4. The fourth-order valence-corrected chi connectivity index (χ4v) is 2.53. The minimum Gasteiger partial charge on any atom is -0.481 e. The Morgan fingerprint density at radius 1 is 1.05 bits per heavy atom. The molecule has 0 saturated heterocycles. The van der Waals surface area contributed by atoms with Crippen molar-refractivity contribution < 1.29 is 9.90 Å². The number of hydrogen-bond donors (Lipinski definition) is 1. The number of rotatable bonds is 6. The Labute approximate surface area is 124 Å². The zero-order valence-electron chi connectivity index (χ0n) is 11.6. The molecule has 0 aliphatic heterocycles. The zero-order valence-corrected chi connectivity index (χ0v) is 11.6. The number of carboxylic acids is 1. The normalized spacial score (nSPS) is 13.1.